The Morgan fingerprint density at radius 2 is 2.03 bits per heavy atom. The Morgan fingerprint density at radius 3 is 2.69 bits per heavy atom. The minimum Gasteiger partial charge on any atom is -0.495 e. The third kappa shape index (κ3) is 5.10. The first-order valence-electron chi connectivity index (χ1n) is 8.44. The Balaban J connectivity index is 1.94. The molecule has 1 unspecified atom stereocenters. The van der Waals surface area contributed by atoms with Crippen LogP contribution in [-0.2, 0) is 4.79 Å². The Hall–Kier alpha value is -2.53. The predicted molar refractivity (Wildman–Crippen MR) is 106 cm³/mol. The zero-order chi connectivity index (χ0) is 21.0. The molecular formula is C18H17F3N4O2S2. The summed E-state index contributed by atoms with van der Waals surface area (Å²) in [5.74, 6) is 0.385. The number of amides is 1. The number of aromatic nitrogens is 3. The largest absolute Gasteiger partial charge is 0.495 e. The quantitative estimate of drug-likeness (QED) is 0.557. The lowest BCUT2D eigenvalue weighted by molar-refractivity contribution is -0.137. The molecule has 1 atom stereocenters. The Bertz CT molecular complexity index is 974. The maximum atomic E-state index is 12.4. The normalized spacial score (nSPS) is 12.6. The molecule has 2 aromatic heterocycles. The van der Waals surface area contributed by atoms with E-state index >= 15 is 0 Å². The minimum atomic E-state index is -4.47. The third-order valence-electron chi connectivity index (χ3n) is 3.82. The first kappa shape index (κ1) is 21.2. The average molecular weight is 442 g/mol. The fourth-order valence-corrected chi connectivity index (χ4v) is 4.07. The first-order valence-corrected chi connectivity index (χ1v) is 10.2. The molecule has 1 amide bonds. The van der Waals surface area contributed by atoms with Crippen LogP contribution in [0.2, 0.25) is 0 Å². The average Bonchev–Trinajstić information content (AvgIpc) is 3.35. The molecular weight excluding hydrogens is 425 g/mol. The number of nitrogens with one attached hydrogen (secondary N) is 1. The molecule has 1 aromatic carbocycles. The van der Waals surface area contributed by atoms with E-state index in [2.05, 4.69) is 10.2 Å². The number of hydrogen-bond acceptors (Lipinski definition) is 6. The van der Waals surface area contributed by atoms with Crippen LogP contribution in [0.25, 0.3) is 16.4 Å². The highest BCUT2D eigenvalue weighted by atomic mass is 32.2. The fourth-order valence-electron chi connectivity index (χ4n) is 2.49. The van der Waals surface area contributed by atoms with E-state index in [0.717, 1.165) is 16.6 Å². The van der Waals surface area contributed by atoms with E-state index in [1.165, 1.54) is 25.4 Å². The van der Waals surface area contributed by atoms with Crippen LogP contribution in [0.1, 0.15) is 6.92 Å². The van der Waals surface area contributed by atoms with Gasteiger partial charge in [0.15, 0.2) is 11.0 Å². The molecule has 3 rings (SSSR count). The second kappa shape index (κ2) is 8.87. The number of nitrogens with zero attached hydrogens (tertiary/aromatic N) is 3. The number of halogens is 3. The maximum Gasteiger partial charge on any atom is 0.405 e. The van der Waals surface area contributed by atoms with Gasteiger partial charge in [0.2, 0.25) is 5.91 Å². The van der Waals surface area contributed by atoms with Crippen molar-refractivity contribution in [2.45, 2.75) is 23.5 Å². The van der Waals surface area contributed by atoms with Gasteiger partial charge in [0.25, 0.3) is 0 Å². The number of methoxy groups -OCH3 is 1. The Morgan fingerprint density at radius 1 is 1.28 bits per heavy atom. The number of carbonyl (C=O) groups excluding carboxylic acids is 1. The number of thioether (sulfide) groups is 1. The molecule has 0 aliphatic carbocycles. The van der Waals surface area contributed by atoms with Crippen LogP contribution >= 0.6 is 23.1 Å². The molecule has 1 N–H and O–H groups in total. The van der Waals surface area contributed by atoms with Gasteiger partial charge in [0.05, 0.1) is 22.9 Å². The van der Waals surface area contributed by atoms with Crippen molar-refractivity contribution in [3.63, 3.8) is 0 Å². The van der Waals surface area contributed by atoms with Gasteiger partial charge < -0.3 is 10.1 Å². The van der Waals surface area contributed by atoms with E-state index in [-0.39, 0.29) is 0 Å². The lowest BCUT2D eigenvalue weighted by atomic mass is 10.3. The van der Waals surface area contributed by atoms with Gasteiger partial charge in [-0.05, 0) is 30.5 Å². The van der Waals surface area contributed by atoms with Gasteiger partial charge in [0, 0.05) is 0 Å². The number of hydrogen-bond donors (Lipinski definition) is 1. The highest BCUT2D eigenvalue weighted by molar-refractivity contribution is 8.00. The van der Waals surface area contributed by atoms with Gasteiger partial charge in [-0.3, -0.25) is 9.36 Å². The van der Waals surface area contributed by atoms with Gasteiger partial charge in [-0.25, -0.2) is 0 Å². The summed E-state index contributed by atoms with van der Waals surface area (Å²) >= 11 is 2.49. The molecule has 0 spiro atoms. The van der Waals surface area contributed by atoms with Gasteiger partial charge in [-0.2, -0.15) is 13.2 Å². The molecule has 0 aliphatic rings. The van der Waals surface area contributed by atoms with Crippen molar-refractivity contribution in [3.05, 3.63) is 41.8 Å². The van der Waals surface area contributed by atoms with Crippen LogP contribution in [0.4, 0.5) is 13.2 Å². The van der Waals surface area contributed by atoms with Crippen molar-refractivity contribution in [2.75, 3.05) is 13.7 Å². The standard InChI is InChI=1S/C18H17F3N4O2S2/c1-11(16(26)22-10-18(19,20)21)29-17-24-23-15(14-8-5-9-28-14)25(17)12-6-3-4-7-13(12)27-2/h3-9,11H,10H2,1-2H3,(H,22,26). The van der Waals surface area contributed by atoms with Crippen LogP contribution in [0.3, 0.4) is 0 Å². The second-order valence-corrected chi connectivity index (χ2v) is 8.14. The monoisotopic (exact) mass is 442 g/mol. The summed E-state index contributed by atoms with van der Waals surface area (Å²) < 4.78 is 44.3. The predicted octanol–water partition coefficient (Wildman–Crippen LogP) is 4.16. The molecule has 6 nitrogen and oxygen atoms in total. The molecule has 0 saturated heterocycles. The highest BCUT2D eigenvalue weighted by Gasteiger charge is 2.30. The highest BCUT2D eigenvalue weighted by Crippen LogP contribution is 2.35. The zero-order valence-electron chi connectivity index (χ0n) is 15.4. The van der Waals surface area contributed by atoms with Crippen molar-refractivity contribution in [1.29, 1.82) is 0 Å². The molecule has 29 heavy (non-hydrogen) atoms. The summed E-state index contributed by atoms with van der Waals surface area (Å²) in [7, 11) is 1.54. The number of ether oxygens (including phenoxy) is 1. The lowest BCUT2D eigenvalue weighted by Gasteiger charge is -2.16. The van der Waals surface area contributed by atoms with Crippen molar-refractivity contribution < 1.29 is 22.7 Å². The van der Waals surface area contributed by atoms with E-state index in [1.54, 1.807) is 10.6 Å². The van der Waals surface area contributed by atoms with E-state index in [9.17, 15) is 18.0 Å². The first-order chi connectivity index (χ1) is 13.8. The Kier molecular flexibility index (Phi) is 6.48. The minimum absolute atomic E-state index is 0.368. The van der Waals surface area contributed by atoms with Crippen LogP contribution in [0.15, 0.2) is 46.9 Å². The molecule has 2 heterocycles. The molecule has 154 valence electrons. The molecule has 11 heteroatoms. The van der Waals surface area contributed by atoms with Crippen molar-refractivity contribution in [3.8, 4) is 22.1 Å². The lowest BCUT2D eigenvalue weighted by Crippen LogP contribution is -2.38. The van der Waals surface area contributed by atoms with E-state index in [4.69, 9.17) is 4.74 Å². The van der Waals surface area contributed by atoms with Crippen molar-refractivity contribution >= 4 is 29.0 Å². The number of alkyl halides is 3. The molecule has 3 aromatic rings. The Labute approximate surface area is 173 Å². The van der Waals surface area contributed by atoms with E-state index < -0.39 is 23.9 Å². The maximum absolute atomic E-state index is 12.4. The summed E-state index contributed by atoms with van der Waals surface area (Å²) in [5, 5.41) is 11.8. The van der Waals surface area contributed by atoms with Gasteiger partial charge in [-0.15, -0.1) is 21.5 Å². The molecule has 0 radical (unpaired) electrons. The molecule has 0 aliphatic heterocycles. The molecule has 0 saturated carbocycles. The molecule has 0 fully saturated rings. The summed E-state index contributed by atoms with van der Waals surface area (Å²) in [5.41, 5.74) is 0.661. The van der Waals surface area contributed by atoms with Gasteiger partial charge in [-0.1, -0.05) is 30.0 Å². The summed E-state index contributed by atoms with van der Waals surface area (Å²) in [4.78, 5) is 12.9. The summed E-state index contributed by atoms with van der Waals surface area (Å²) in [6.45, 7) is 0.138. The summed E-state index contributed by atoms with van der Waals surface area (Å²) in [6, 6.07) is 11.0. The summed E-state index contributed by atoms with van der Waals surface area (Å²) in [6.07, 6.45) is -4.47. The zero-order valence-corrected chi connectivity index (χ0v) is 17.1. The number of rotatable bonds is 7. The van der Waals surface area contributed by atoms with Gasteiger partial charge >= 0.3 is 6.18 Å². The topological polar surface area (TPSA) is 69.0 Å². The van der Waals surface area contributed by atoms with Crippen LogP contribution in [0, 0.1) is 0 Å². The van der Waals surface area contributed by atoms with E-state index in [0.29, 0.717) is 22.4 Å². The van der Waals surface area contributed by atoms with Gasteiger partial charge in [0.1, 0.15) is 12.3 Å². The smallest absolute Gasteiger partial charge is 0.405 e. The third-order valence-corrected chi connectivity index (χ3v) is 5.72. The van der Waals surface area contributed by atoms with Crippen molar-refractivity contribution in [1.82, 2.24) is 20.1 Å². The van der Waals surface area contributed by atoms with E-state index in [1.807, 2.05) is 41.0 Å². The van der Waals surface area contributed by atoms with Crippen molar-refractivity contribution in [2.24, 2.45) is 0 Å². The number of benzene rings is 1. The second-order valence-electron chi connectivity index (χ2n) is 5.88. The molecule has 0 bridgehead atoms. The number of para-hydroxylation sites is 2. The number of thiophene rings is 1. The van der Waals surface area contributed by atoms with Crippen LogP contribution in [0.5, 0.6) is 5.75 Å². The SMILES string of the molecule is COc1ccccc1-n1c(SC(C)C(=O)NCC(F)(F)F)nnc1-c1cccs1. The number of carbonyl (C=O) groups is 1. The van der Waals surface area contributed by atoms with Crippen LogP contribution < -0.4 is 10.1 Å². The fraction of sp³-hybridized carbons (Fsp3) is 0.278. The van der Waals surface area contributed by atoms with Crippen LogP contribution in [-0.4, -0.2) is 45.8 Å².